The Balaban J connectivity index is 1.39. The zero-order valence-electron chi connectivity index (χ0n) is 20.1. The van der Waals surface area contributed by atoms with Crippen LogP contribution < -0.4 is 16.0 Å². The SMILES string of the molecule is CC(C)c1cnn2c(NCc3ccccc3-n3cccn3)nc(CC(=O)NCC3CCNC3)nc12. The number of nitrogens with zero attached hydrogens (tertiary/aromatic N) is 6. The fraction of sp³-hybridized carbons (Fsp3) is 0.400. The Morgan fingerprint density at radius 3 is 2.86 bits per heavy atom. The predicted octanol–water partition coefficient (Wildman–Crippen LogP) is 2.31. The number of fused-ring (bicyclic) bond motifs is 1. The molecule has 5 rings (SSSR count). The highest BCUT2D eigenvalue weighted by atomic mass is 16.1. The van der Waals surface area contributed by atoms with Crippen molar-refractivity contribution in [1.82, 2.24) is 40.0 Å². The number of nitrogens with one attached hydrogen (secondary N) is 3. The van der Waals surface area contributed by atoms with Crippen LogP contribution in [0.25, 0.3) is 11.3 Å². The van der Waals surface area contributed by atoms with Crippen molar-refractivity contribution in [1.29, 1.82) is 0 Å². The standard InChI is InChI=1S/C25H31N9O/c1-17(2)20-16-30-34-24(20)31-22(12-23(35)27-14-18-8-10-26-13-18)32-25(34)28-15-19-6-3-4-7-21(19)33-11-5-9-29-33/h3-7,9,11,16-18,26H,8,10,12-15H2,1-2H3,(H,27,35)(H,28,31,32). The largest absolute Gasteiger partial charge is 0.355 e. The van der Waals surface area contributed by atoms with Crippen LogP contribution in [0.15, 0.2) is 48.9 Å². The second-order valence-corrected chi connectivity index (χ2v) is 9.23. The van der Waals surface area contributed by atoms with E-state index in [0.29, 0.717) is 30.8 Å². The van der Waals surface area contributed by atoms with Crippen molar-refractivity contribution >= 4 is 17.5 Å². The fourth-order valence-corrected chi connectivity index (χ4v) is 4.36. The lowest BCUT2D eigenvalue weighted by Gasteiger charge is -2.13. The van der Waals surface area contributed by atoms with Gasteiger partial charge in [0.1, 0.15) is 5.82 Å². The van der Waals surface area contributed by atoms with E-state index in [1.165, 1.54) is 0 Å². The summed E-state index contributed by atoms with van der Waals surface area (Å²) in [5, 5.41) is 18.7. The first kappa shape index (κ1) is 23.0. The van der Waals surface area contributed by atoms with E-state index >= 15 is 0 Å². The van der Waals surface area contributed by atoms with Crippen LogP contribution in [0.1, 0.15) is 43.1 Å². The minimum atomic E-state index is -0.0677. The van der Waals surface area contributed by atoms with Gasteiger partial charge in [0.2, 0.25) is 11.9 Å². The first-order valence-electron chi connectivity index (χ1n) is 12.1. The zero-order chi connectivity index (χ0) is 24.2. The molecule has 4 aromatic rings. The van der Waals surface area contributed by atoms with Crippen molar-refractivity contribution < 1.29 is 4.79 Å². The summed E-state index contributed by atoms with van der Waals surface area (Å²) in [6.07, 6.45) is 6.72. The zero-order valence-corrected chi connectivity index (χ0v) is 20.1. The van der Waals surface area contributed by atoms with Crippen molar-refractivity contribution in [3.63, 3.8) is 0 Å². The van der Waals surface area contributed by atoms with Crippen LogP contribution in [0.4, 0.5) is 5.95 Å². The molecule has 0 spiro atoms. The average molecular weight is 474 g/mol. The number of hydrogen-bond acceptors (Lipinski definition) is 7. The Kier molecular flexibility index (Phi) is 6.71. The molecule has 1 atom stereocenters. The highest BCUT2D eigenvalue weighted by molar-refractivity contribution is 5.78. The molecule has 0 bridgehead atoms. The van der Waals surface area contributed by atoms with Gasteiger partial charge < -0.3 is 16.0 Å². The summed E-state index contributed by atoms with van der Waals surface area (Å²) in [5.41, 5.74) is 3.79. The van der Waals surface area contributed by atoms with E-state index in [9.17, 15) is 4.79 Å². The number of carbonyl (C=O) groups is 1. The smallest absolute Gasteiger partial charge is 0.227 e. The van der Waals surface area contributed by atoms with Crippen LogP contribution in [0.3, 0.4) is 0 Å². The number of hydrogen-bond donors (Lipinski definition) is 3. The molecule has 0 saturated carbocycles. The maximum Gasteiger partial charge on any atom is 0.227 e. The quantitative estimate of drug-likeness (QED) is 0.342. The van der Waals surface area contributed by atoms with E-state index in [1.807, 2.05) is 41.3 Å². The molecule has 3 aromatic heterocycles. The second-order valence-electron chi connectivity index (χ2n) is 9.23. The lowest BCUT2D eigenvalue weighted by Crippen LogP contribution is -2.32. The lowest BCUT2D eigenvalue weighted by molar-refractivity contribution is -0.120. The normalized spacial score (nSPS) is 15.7. The first-order chi connectivity index (χ1) is 17.1. The second kappa shape index (κ2) is 10.2. The molecular weight excluding hydrogens is 442 g/mol. The van der Waals surface area contributed by atoms with Gasteiger partial charge in [-0.1, -0.05) is 32.0 Å². The Morgan fingerprint density at radius 1 is 1.20 bits per heavy atom. The number of benzene rings is 1. The van der Waals surface area contributed by atoms with Crippen molar-refractivity contribution in [2.75, 3.05) is 25.0 Å². The van der Waals surface area contributed by atoms with E-state index in [2.05, 4.69) is 51.0 Å². The first-order valence-corrected chi connectivity index (χ1v) is 12.1. The van der Waals surface area contributed by atoms with Gasteiger partial charge >= 0.3 is 0 Å². The highest BCUT2D eigenvalue weighted by Gasteiger charge is 2.19. The van der Waals surface area contributed by atoms with Crippen LogP contribution in [0, 0.1) is 5.92 Å². The molecule has 1 fully saturated rings. The van der Waals surface area contributed by atoms with Gasteiger partial charge in [0.15, 0.2) is 5.65 Å². The van der Waals surface area contributed by atoms with Crippen molar-refractivity contribution in [3.8, 4) is 5.69 Å². The maximum absolute atomic E-state index is 12.7. The Hall–Kier alpha value is -3.79. The van der Waals surface area contributed by atoms with Gasteiger partial charge in [0.05, 0.1) is 18.3 Å². The van der Waals surface area contributed by atoms with E-state index in [4.69, 9.17) is 4.98 Å². The molecule has 1 aliphatic heterocycles. The molecule has 4 heterocycles. The van der Waals surface area contributed by atoms with Crippen LogP contribution in [-0.4, -0.2) is 54.9 Å². The predicted molar refractivity (Wildman–Crippen MR) is 133 cm³/mol. The molecule has 1 amide bonds. The summed E-state index contributed by atoms with van der Waals surface area (Å²) in [6, 6.07) is 9.97. The number of aromatic nitrogens is 6. The van der Waals surface area contributed by atoms with Crippen LogP contribution in [0.5, 0.6) is 0 Å². The third-order valence-corrected chi connectivity index (χ3v) is 6.31. The molecule has 1 aromatic carbocycles. The Morgan fingerprint density at radius 2 is 2.09 bits per heavy atom. The Bertz CT molecular complexity index is 1290. The maximum atomic E-state index is 12.7. The van der Waals surface area contributed by atoms with Crippen LogP contribution in [-0.2, 0) is 17.8 Å². The van der Waals surface area contributed by atoms with E-state index in [-0.39, 0.29) is 18.2 Å². The lowest BCUT2D eigenvalue weighted by atomic mass is 10.1. The van der Waals surface area contributed by atoms with E-state index in [0.717, 1.165) is 42.0 Å². The molecular formula is C25H31N9O. The molecule has 35 heavy (non-hydrogen) atoms. The molecule has 0 aliphatic carbocycles. The summed E-state index contributed by atoms with van der Waals surface area (Å²) >= 11 is 0. The van der Waals surface area contributed by atoms with Gasteiger partial charge in [-0.25, -0.2) is 9.67 Å². The molecule has 0 radical (unpaired) electrons. The number of anilines is 1. The molecule has 1 saturated heterocycles. The average Bonchev–Trinajstić information content (AvgIpc) is 3.63. The summed E-state index contributed by atoms with van der Waals surface area (Å²) in [6.45, 7) is 7.36. The van der Waals surface area contributed by atoms with Crippen LogP contribution >= 0.6 is 0 Å². The molecule has 10 heteroatoms. The summed E-state index contributed by atoms with van der Waals surface area (Å²) < 4.78 is 3.56. The number of para-hydroxylation sites is 1. The monoisotopic (exact) mass is 473 g/mol. The van der Waals surface area contributed by atoms with Gasteiger partial charge in [-0.2, -0.15) is 19.7 Å². The van der Waals surface area contributed by atoms with Gasteiger partial charge in [0, 0.05) is 31.0 Å². The number of carbonyl (C=O) groups excluding carboxylic acids is 1. The number of amides is 1. The third kappa shape index (κ3) is 5.17. The number of rotatable bonds is 9. The fourth-order valence-electron chi connectivity index (χ4n) is 4.36. The van der Waals surface area contributed by atoms with Crippen molar-refractivity contribution in [2.45, 2.75) is 39.2 Å². The van der Waals surface area contributed by atoms with Gasteiger partial charge in [0.25, 0.3) is 0 Å². The van der Waals surface area contributed by atoms with Gasteiger partial charge in [-0.3, -0.25) is 4.79 Å². The topological polar surface area (TPSA) is 114 Å². The summed E-state index contributed by atoms with van der Waals surface area (Å²) in [7, 11) is 0. The summed E-state index contributed by atoms with van der Waals surface area (Å²) in [4.78, 5) is 22.1. The van der Waals surface area contributed by atoms with E-state index in [1.54, 1.807) is 10.7 Å². The molecule has 182 valence electrons. The molecule has 1 unspecified atom stereocenters. The van der Waals surface area contributed by atoms with Gasteiger partial charge in [-0.05, 0) is 49.0 Å². The van der Waals surface area contributed by atoms with E-state index < -0.39 is 0 Å². The summed E-state index contributed by atoms with van der Waals surface area (Å²) in [5.74, 6) is 1.69. The third-order valence-electron chi connectivity index (χ3n) is 6.31. The Labute approximate surface area is 204 Å². The van der Waals surface area contributed by atoms with Gasteiger partial charge in [-0.15, -0.1) is 0 Å². The van der Waals surface area contributed by atoms with Crippen LogP contribution in [0.2, 0.25) is 0 Å². The minimum Gasteiger partial charge on any atom is -0.355 e. The minimum absolute atomic E-state index is 0.0677. The molecule has 1 aliphatic rings. The van der Waals surface area contributed by atoms with Crippen molar-refractivity contribution in [2.24, 2.45) is 5.92 Å². The molecule has 3 N–H and O–H groups in total. The van der Waals surface area contributed by atoms with Crippen molar-refractivity contribution in [3.05, 3.63) is 65.9 Å². The molecule has 10 nitrogen and oxygen atoms in total. The highest BCUT2D eigenvalue weighted by Crippen LogP contribution is 2.22.